The maximum absolute atomic E-state index is 11.8. The number of rotatable bonds is 5. The predicted octanol–water partition coefficient (Wildman–Crippen LogP) is 3.80. The van der Waals surface area contributed by atoms with Crippen molar-refractivity contribution in [2.75, 3.05) is 18.0 Å². The van der Waals surface area contributed by atoms with Crippen LogP contribution in [0.4, 0.5) is 5.82 Å². The summed E-state index contributed by atoms with van der Waals surface area (Å²) < 4.78 is 0. The molecule has 0 bridgehead atoms. The first-order chi connectivity index (χ1) is 12.0. The number of nitrogens with one attached hydrogen (secondary N) is 1. The molecule has 0 amide bonds. The maximum atomic E-state index is 11.8. The van der Waals surface area contributed by atoms with Gasteiger partial charge in [0.15, 0.2) is 0 Å². The van der Waals surface area contributed by atoms with Crippen LogP contribution in [0.25, 0.3) is 11.4 Å². The van der Waals surface area contributed by atoms with Gasteiger partial charge in [0.1, 0.15) is 11.6 Å². The van der Waals surface area contributed by atoms with E-state index < -0.39 is 0 Å². The number of pyridine rings is 1. The van der Waals surface area contributed by atoms with Crippen molar-refractivity contribution in [2.24, 2.45) is 5.41 Å². The quantitative estimate of drug-likeness (QED) is 0.899. The molecule has 25 heavy (non-hydrogen) atoms. The number of aromatic nitrogens is 3. The summed E-state index contributed by atoms with van der Waals surface area (Å²) >= 11 is 0. The normalized spacial score (nSPS) is 20.7. The van der Waals surface area contributed by atoms with Crippen LogP contribution in [0.3, 0.4) is 0 Å². The van der Waals surface area contributed by atoms with Crippen LogP contribution < -0.4 is 10.5 Å². The first kappa shape index (κ1) is 17.6. The van der Waals surface area contributed by atoms with Crippen LogP contribution in [0.15, 0.2) is 29.2 Å². The van der Waals surface area contributed by atoms with Crippen molar-refractivity contribution in [3.8, 4) is 11.4 Å². The molecule has 1 aliphatic heterocycles. The van der Waals surface area contributed by atoms with Crippen molar-refractivity contribution in [2.45, 2.75) is 52.9 Å². The zero-order chi connectivity index (χ0) is 17.9. The van der Waals surface area contributed by atoms with E-state index in [-0.39, 0.29) is 5.56 Å². The van der Waals surface area contributed by atoms with E-state index in [9.17, 15) is 4.79 Å². The molecule has 134 valence electrons. The lowest BCUT2D eigenvalue weighted by atomic mass is 9.78. The van der Waals surface area contributed by atoms with Gasteiger partial charge in [0.25, 0.3) is 5.56 Å². The largest absolute Gasteiger partial charge is 0.356 e. The molecule has 0 aliphatic carbocycles. The fourth-order valence-electron chi connectivity index (χ4n) is 3.86. The Labute approximate surface area is 149 Å². The van der Waals surface area contributed by atoms with Crippen LogP contribution in [0, 0.1) is 5.41 Å². The Morgan fingerprint density at radius 1 is 1.32 bits per heavy atom. The van der Waals surface area contributed by atoms with Crippen molar-refractivity contribution in [3.63, 3.8) is 0 Å². The van der Waals surface area contributed by atoms with Gasteiger partial charge in [-0.05, 0) is 43.2 Å². The van der Waals surface area contributed by atoms with Gasteiger partial charge < -0.3 is 9.88 Å². The molecule has 5 heteroatoms. The van der Waals surface area contributed by atoms with E-state index in [0.29, 0.717) is 11.2 Å². The molecule has 2 aromatic heterocycles. The van der Waals surface area contributed by atoms with Crippen molar-refractivity contribution < 1.29 is 0 Å². The molecule has 0 aromatic carbocycles. The standard InChI is InChI=1S/C20H28N4O/c1-4-9-20(3)10-6-11-24(14-20)17-8-7-15(13-21-17)19-22-16(5-2)12-18(25)23-19/h7-8,12-13H,4-6,9-11,14H2,1-3H3,(H,22,23,25). The predicted molar refractivity (Wildman–Crippen MR) is 102 cm³/mol. The lowest BCUT2D eigenvalue weighted by Gasteiger charge is -2.41. The van der Waals surface area contributed by atoms with Gasteiger partial charge in [0, 0.05) is 36.6 Å². The van der Waals surface area contributed by atoms with E-state index in [1.54, 1.807) is 6.07 Å². The first-order valence-electron chi connectivity index (χ1n) is 9.34. The number of anilines is 1. The highest BCUT2D eigenvalue weighted by Crippen LogP contribution is 2.35. The van der Waals surface area contributed by atoms with E-state index in [2.05, 4.69) is 33.7 Å². The Balaban J connectivity index is 1.81. The molecule has 1 saturated heterocycles. The highest BCUT2D eigenvalue weighted by molar-refractivity contribution is 5.56. The molecular weight excluding hydrogens is 312 g/mol. The molecule has 3 rings (SSSR count). The first-order valence-corrected chi connectivity index (χ1v) is 9.34. The molecular formula is C20H28N4O. The molecule has 1 aliphatic rings. The molecule has 0 spiro atoms. The van der Waals surface area contributed by atoms with Crippen LogP contribution >= 0.6 is 0 Å². The van der Waals surface area contributed by atoms with E-state index in [1.165, 1.54) is 25.7 Å². The van der Waals surface area contributed by atoms with Crippen LogP contribution in [0.5, 0.6) is 0 Å². The molecule has 1 unspecified atom stereocenters. The summed E-state index contributed by atoms with van der Waals surface area (Å²) in [5.41, 5.74) is 1.92. The van der Waals surface area contributed by atoms with Gasteiger partial charge in [-0.3, -0.25) is 4.79 Å². The SMILES string of the molecule is CCCC1(C)CCCN(c2ccc(-c3nc(CC)cc(=O)[nH]3)cn2)C1. The van der Waals surface area contributed by atoms with Crippen LogP contribution in [-0.2, 0) is 6.42 Å². The molecule has 1 fully saturated rings. The van der Waals surface area contributed by atoms with Gasteiger partial charge >= 0.3 is 0 Å². The Morgan fingerprint density at radius 2 is 2.16 bits per heavy atom. The molecule has 5 nitrogen and oxygen atoms in total. The molecule has 0 radical (unpaired) electrons. The van der Waals surface area contributed by atoms with Gasteiger partial charge in [0.05, 0.1) is 0 Å². The number of H-pyrrole nitrogens is 1. The molecule has 0 saturated carbocycles. The third-order valence-corrected chi connectivity index (χ3v) is 5.14. The van der Waals surface area contributed by atoms with Gasteiger partial charge in [0.2, 0.25) is 0 Å². The third-order valence-electron chi connectivity index (χ3n) is 5.14. The molecule has 1 atom stereocenters. The fraction of sp³-hybridized carbons (Fsp3) is 0.550. The van der Waals surface area contributed by atoms with Crippen molar-refractivity contribution in [1.82, 2.24) is 15.0 Å². The second-order valence-electron chi connectivity index (χ2n) is 7.43. The number of piperidine rings is 1. The summed E-state index contributed by atoms with van der Waals surface area (Å²) in [4.78, 5) is 26.1. The Kier molecular flexibility index (Phi) is 5.21. The van der Waals surface area contributed by atoms with E-state index in [0.717, 1.165) is 36.6 Å². The van der Waals surface area contributed by atoms with Crippen molar-refractivity contribution in [3.05, 3.63) is 40.4 Å². The van der Waals surface area contributed by atoms with Gasteiger partial charge in [-0.25, -0.2) is 9.97 Å². The van der Waals surface area contributed by atoms with Crippen LogP contribution in [-0.4, -0.2) is 28.0 Å². The lowest BCUT2D eigenvalue weighted by Crippen LogP contribution is -2.42. The zero-order valence-electron chi connectivity index (χ0n) is 15.5. The minimum Gasteiger partial charge on any atom is -0.356 e. The smallest absolute Gasteiger partial charge is 0.251 e. The average Bonchev–Trinajstić information content (AvgIpc) is 2.61. The Morgan fingerprint density at radius 3 is 2.84 bits per heavy atom. The second-order valence-corrected chi connectivity index (χ2v) is 7.43. The number of nitrogens with zero attached hydrogens (tertiary/aromatic N) is 3. The fourth-order valence-corrected chi connectivity index (χ4v) is 3.86. The number of aromatic amines is 1. The summed E-state index contributed by atoms with van der Waals surface area (Å²) in [7, 11) is 0. The summed E-state index contributed by atoms with van der Waals surface area (Å²) in [6.45, 7) is 8.77. The zero-order valence-corrected chi connectivity index (χ0v) is 15.5. The third kappa shape index (κ3) is 4.09. The number of hydrogen-bond donors (Lipinski definition) is 1. The molecule has 3 heterocycles. The minimum atomic E-state index is -0.114. The molecule has 2 aromatic rings. The van der Waals surface area contributed by atoms with Gasteiger partial charge in [-0.1, -0.05) is 27.2 Å². The second kappa shape index (κ2) is 7.38. The summed E-state index contributed by atoms with van der Waals surface area (Å²) in [5.74, 6) is 1.61. The maximum Gasteiger partial charge on any atom is 0.251 e. The lowest BCUT2D eigenvalue weighted by molar-refractivity contribution is 0.238. The highest BCUT2D eigenvalue weighted by atomic mass is 16.1. The van der Waals surface area contributed by atoms with Gasteiger partial charge in [-0.15, -0.1) is 0 Å². The monoisotopic (exact) mass is 340 g/mol. The topological polar surface area (TPSA) is 61.9 Å². The Hall–Kier alpha value is -2.17. The van der Waals surface area contributed by atoms with E-state index in [1.807, 2.05) is 25.3 Å². The molecule has 1 N–H and O–H groups in total. The van der Waals surface area contributed by atoms with Crippen molar-refractivity contribution >= 4 is 5.82 Å². The van der Waals surface area contributed by atoms with Gasteiger partial charge in [-0.2, -0.15) is 0 Å². The Bertz CT molecular complexity index is 764. The summed E-state index contributed by atoms with van der Waals surface area (Å²) in [5, 5.41) is 0. The van der Waals surface area contributed by atoms with Crippen molar-refractivity contribution in [1.29, 1.82) is 0 Å². The number of aryl methyl sites for hydroxylation is 1. The minimum absolute atomic E-state index is 0.114. The average molecular weight is 340 g/mol. The van der Waals surface area contributed by atoms with E-state index in [4.69, 9.17) is 0 Å². The number of hydrogen-bond acceptors (Lipinski definition) is 4. The summed E-state index contributed by atoms with van der Waals surface area (Å²) in [6.07, 6.45) is 7.56. The van der Waals surface area contributed by atoms with Crippen LogP contribution in [0.1, 0.15) is 52.1 Å². The van der Waals surface area contributed by atoms with Crippen LogP contribution in [0.2, 0.25) is 0 Å². The summed E-state index contributed by atoms with van der Waals surface area (Å²) in [6, 6.07) is 5.60. The van der Waals surface area contributed by atoms with E-state index >= 15 is 0 Å². The highest BCUT2D eigenvalue weighted by Gasteiger charge is 2.30.